The van der Waals surface area contributed by atoms with Crippen LogP contribution in [0.1, 0.15) is 24.7 Å². The maximum Gasteiger partial charge on any atom is 0.321 e. The second kappa shape index (κ2) is 8.86. The Kier molecular flexibility index (Phi) is 5.83. The number of urea groups is 1. The van der Waals surface area contributed by atoms with E-state index in [1.54, 1.807) is 37.3 Å². The fraction of sp³-hybridized carbons (Fsp3) is 0.318. The van der Waals surface area contributed by atoms with Crippen LogP contribution >= 0.6 is 0 Å². The molecule has 2 aromatic carbocycles. The number of nitrogens with one attached hydrogen (secondary N) is 1. The summed E-state index contributed by atoms with van der Waals surface area (Å²) < 4.78 is 16.0. The van der Waals surface area contributed by atoms with Crippen molar-refractivity contribution in [1.82, 2.24) is 15.0 Å². The van der Waals surface area contributed by atoms with Gasteiger partial charge < -0.3 is 24.2 Å². The third-order valence-corrected chi connectivity index (χ3v) is 5.21. The van der Waals surface area contributed by atoms with Gasteiger partial charge in [-0.2, -0.15) is 4.98 Å². The molecular formula is C22H24N4O4. The Hall–Kier alpha value is -3.55. The van der Waals surface area contributed by atoms with Gasteiger partial charge in [-0.05, 0) is 12.8 Å². The van der Waals surface area contributed by atoms with E-state index in [2.05, 4.69) is 15.5 Å². The quantitative estimate of drug-likeness (QED) is 0.682. The van der Waals surface area contributed by atoms with Crippen molar-refractivity contribution in [1.29, 1.82) is 0 Å². The van der Waals surface area contributed by atoms with Gasteiger partial charge in [-0.15, -0.1) is 0 Å². The SMILES string of the molecule is COc1cc(NC(=O)N2CCC(c3nc(-c4ccccc4)no3)CC2)cc(OC)c1. The maximum absolute atomic E-state index is 12.7. The number of hydrogen-bond acceptors (Lipinski definition) is 6. The molecule has 1 N–H and O–H groups in total. The zero-order chi connectivity index (χ0) is 20.9. The van der Waals surface area contributed by atoms with Crippen LogP contribution in [0.3, 0.4) is 0 Å². The highest BCUT2D eigenvalue weighted by Gasteiger charge is 2.28. The van der Waals surface area contributed by atoms with Crippen LogP contribution in [0.15, 0.2) is 53.1 Å². The van der Waals surface area contributed by atoms with E-state index in [0.717, 1.165) is 18.4 Å². The van der Waals surface area contributed by atoms with Gasteiger partial charge in [0.1, 0.15) is 11.5 Å². The Morgan fingerprint density at radius 1 is 1.07 bits per heavy atom. The minimum absolute atomic E-state index is 0.149. The topological polar surface area (TPSA) is 89.7 Å². The largest absolute Gasteiger partial charge is 0.497 e. The molecule has 8 nitrogen and oxygen atoms in total. The van der Waals surface area contributed by atoms with Crippen molar-refractivity contribution >= 4 is 11.7 Å². The van der Waals surface area contributed by atoms with Gasteiger partial charge in [-0.25, -0.2) is 4.79 Å². The standard InChI is InChI=1S/C22H24N4O4/c1-28-18-12-17(13-19(14-18)29-2)23-22(27)26-10-8-16(9-11-26)21-24-20(25-30-21)15-6-4-3-5-7-15/h3-7,12-14,16H,8-11H2,1-2H3,(H,23,27). The van der Waals surface area contributed by atoms with Crippen molar-refractivity contribution in [3.63, 3.8) is 0 Å². The van der Waals surface area contributed by atoms with Gasteiger partial charge in [-0.1, -0.05) is 35.5 Å². The first-order valence-corrected chi connectivity index (χ1v) is 9.84. The molecule has 0 bridgehead atoms. The van der Waals surface area contributed by atoms with E-state index in [-0.39, 0.29) is 11.9 Å². The number of ether oxygens (including phenoxy) is 2. The van der Waals surface area contributed by atoms with Crippen molar-refractivity contribution in [3.8, 4) is 22.9 Å². The first-order chi connectivity index (χ1) is 14.7. The second-order valence-corrected chi connectivity index (χ2v) is 7.12. The van der Waals surface area contributed by atoms with Crippen LogP contribution in [0.2, 0.25) is 0 Å². The summed E-state index contributed by atoms with van der Waals surface area (Å²) in [5.74, 6) is 2.61. The number of amides is 2. The highest BCUT2D eigenvalue weighted by atomic mass is 16.5. The number of methoxy groups -OCH3 is 2. The molecule has 0 spiro atoms. The Labute approximate surface area is 174 Å². The fourth-order valence-corrected chi connectivity index (χ4v) is 3.52. The third kappa shape index (κ3) is 4.37. The molecule has 2 amide bonds. The molecule has 1 fully saturated rings. The van der Waals surface area contributed by atoms with Gasteiger partial charge in [0, 0.05) is 48.5 Å². The number of benzene rings is 2. The lowest BCUT2D eigenvalue weighted by Gasteiger charge is -2.30. The number of aromatic nitrogens is 2. The Morgan fingerprint density at radius 2 is 1.73 bits per heavy atom. The Bertz CT molecular complexity index is 975. The number of piperidine rings is 1. The average Bonchev–Trinajstić information content (AvgIpc) is 3.30. The van der Waals surface area contributed by atoms with Crippen LogP contribution in [0.4, 0.5) is 10.5 Å². The van der Waals surface area contributed by atoms with Gasteiger partial charge in [0.25, 0.3) is 0 Å². The first-order valence-electron chi connectivity index (χ1n) is 9.84. The number of anilines is 1. The molecule has 156 valence electrons. The predicted octanol–water partition coefficient (Wildman–Crippen LogP) is 4.17. The molecule has 0 atom stereocenters. The van der Waals surface area contributed by atoms with E-state index in [1.807, 2.05) is 30.3 Å². The summed E-state index contributed by atoms with van der Waals surface area (Å²) in [4.78, 5) is 19.0. The van der Waals surface area contributed by atoms with Crippen LogP contribution in [-0.4, -0.2) is 48.4 Å². The minimum atomic E-state index is -0.153. The molecule has 1 saturated heterocycles. The van der Waals surface area contributed by atoms with Crippen LogP contribution in [0, 0.1) is 0 Å². The second-order valence-electron chi connectivity index (χ2n) is 7.12. The van der Waals surface area contributed by atoms with Gasteiger partial charge in [-0.3, -0.25) is 0 Å². The zero-order valence-electron chi connectivity index (χ0n) is 17.0. The van der Waals surface area contributed by atoms with E-state index in [1.165, 1.54) is 0 Å². The molecule has 0 aliphatic carbocycles. The van der Waals surface area contributed by atoms with Crippen molar-refractivity contribution in [2.24, 2.45) is 0 Å². The van der Waals surface area contributed by atoms with Gasteiger partial charge in [0.2, 0.25) is 11.7 Å². The number of rotatable bonds is 5. The van der Waals surface area contributed by atoms with Gasteiger partial charge in [0.15, 0.2) is 0 Å². The van der Waals surface area contributed by atoms with E-state index < -0.39 is 0 Å². The summed E-state index contributed by atoms with van der Waals surface area (Å²) in [7, 11) is 3.15. The molecule has 1 aliphatic rings. The summed E-state index contributed by atoms with van der Waals surface area (Å²) in [6.07, 6.45) is 1.54. The van der Waals surface area contributed by atoms with E-state index in [4.69, 9.17) is 14.0 Å². The van der Waals surface area contributed by atoms with E-state index in [0.29, 0.717) is 42.0 Å². The first kappa shape index (κ1) is 19.8. The number of hydrogen-bond donors (Lipinski definition) is 1. The average molecular weight is 408 g/mol. The predicted molar refractivity (Wildman–Crippen MR) is 112 cm³/mol. The molecule has 2 heterocycles. The summed E-state index contributed by atoms with van der Waals surface area (Å²) in [6.45, 7) is 1.22. The summed E-state index contributed by atoms with van der Waals surface area (Å²) >= 11 is 0. The Morgan fingerprint density at radius 3 is 2.37 bits per heavy atom. The van der Waals surface area contributed by atoms with Crippen molar-refractivity contribution < 1.29 is 18.8 Å². The molecular weight excluding hydrogens is 384 g/mol. The van der Waals surface area contributed by atoms with Crippen LogP contribution in [-0.2, 0) is 0 Å². The van der Waals surface area contributed by atoms with Crippen molar-refractivity contribution in [2.45, 2.75) is 18.8 Å². The lowest BCUT2D eigenvalue weighted by atomic mass is 9.97. The summed E-state index contributed by atoms with van der Waals surface area (Å²) in [5, 5.41) is 7.02. The minimum Gasteiger partial charge on any atom is -0.497 e. The van der Waals surface area contributed by atoms with Gasteiger partial charge >= 0.3 is 6.03 Å². The third-order valence-electron chi connectivity index (χ3n) is 5.21. The number of carbonyl (C=O) groups is 1. The fourth-order valence-electron chi connectivity index (χ4n) is 3.52. The lowest BCUT2D eigenvalue weighted by molar-refractivity contribution is 0.187. The number of nitrogens with zero attached hydrogens (tertiary/aromatic N) is 3. The van der Waals surface area contributed by atoms with Crippen LogP contribution < -0.4 is 14.8 Å². The molecule has 0 radical (unpaired) electrons. The molecule has 30 heavy (non-hydrogen) atoms. The van der Waals surface area contributed by atoms with Crippen LogP contribution in [0.25, 0.3) is 11.4 Å². The van der Waals surface area contributed by atoms with E-state index >= 15 is 0 Å². The molecule has 1 aliphatic heterocycles. The summed E-state index contributed by atoms with van der Waals surface area (Å²) in [5.41, 5.74) is 1.56. The Balaban J connectivity index is 1.36. The summed E-state index contributed by atoms with van der Waals surface area (Å²) in [6, 6.07) is 14.9. The number of likely N-dealkylation sites (tertiary alicyclic amines) is 1. The molecule has 3 aromatic rings. The maximum atomic E-state index is 12.7. The normalized spacial score (nSPS) is 14.4. The molecule has 0 unspecified atom stereocenters. The van der Waals surface area contributed by atoms with Crippen molar-refractivity contribution in [3.05, 3.63) is 54.4 Å². The number of carbonyl (C=O) groups excluding carboxylic acids is 1. The zero-order valence-corrected chi connectivity index (χ0v) is 17.0. The molecule has 8 heteroatoms. The van der Waals surface area contributed by atoms with Crippen molar-refractivity contribution in [2.75, 3.05) is 32.6 Å². The molecule has 1 aromatic heterocycles. The van der Waals surface area contributed by atoms with Gasteiger partial charge in [0.05, 0.1) is 14.2 Å². The monoisotopic (exact) mass is 408 g/mol. The molecule has 4 rings (SSSR count). The highest BCUT2D eigenvalue weighted by Crippen LogP contribution is 2.30. The lowest BCUT2D eigenvalue weighted by Crippen LogP contribution is -2.40. The van der Waals surface area contributed by atoms with Crippen LogP contribution in [0.5, 0.6) is 11.5 Å². The van der Waals surface area contributed by atoms with E-state index in [9.17, 15) is 4.79 Å². The highest BCUT2D eigenvalue weighted by molar-refractivity contribution is 5.90. The molecule has 0 saturated carbocycles. The smallest absolute Gasteiger partial charge is 0.321 e.